The van der Waals surface area contributed by atoms with Gasteiger partial charge in [0.05, 0.1) is 11.4 Å². The number of fused-ring (bicyclic) bond motifs is 1. The van der Waals surface area contributed by atoms with Crippen LogP contribution < -0.4 is 11.5 Å². The van der Waals surface area contributed by atoms with Gasteiger partial charge < -0.3 is 11.5 Å². The first-order valence-corrected chi connectivity index (χ1v) is 5.70. The zero-order valence-electron chi connectivity index (χ0n) is 8.55. The molecule has 0 aliphatic rings. The average Bonchev–Trinajstić information content (AvgIpc) is 2.27. The molecule has 4 N–H and O–H groups in total. The molecule has 2 nitrogen and oxygen atoms in total. The molecule has 2 rings (SSSR count). The molecule has 0 atom stereocenters. The first-order chi connectivity index (χ1) is 7.16. The molecule has 0 saturated heterocycles. The number of hydrogen-bond acceptors (Lipinski definition) is 2. The average molecular weight is 265 g/mol. The molecule has 0 amide bonds. The lowest BCUT2D eigenvalue weighted by atomic mass is 10.0. The number of benzene rings is 2. The van der Waals surface area contributed by atoms with Crippen molar-refractivity contribution in [2.75, 3.05) is 11.5 Å². The van der Waals surface area contributed by atoms with Gasteiger partial charge in [-0.15, -0.1) is 0 Å². The fourth-order valence-corrected chi connectivity index (χ4v) is 2.68. The van der Waals surface area contributed by atoms with Crippen molar-refractivity contribution >= 4 is 38.1 Å². The van der Waals surface area contributed by atoms with Gasteiger partial charge in [-0.3, -0.25) is 0 Å². The molecule has 78 valence electrons. The second kappa shape index (κ2) is 3.74. The molecule has 0 aliphatic heterocycles. The van der Waals surface area contributed by atoms with E-state index in [2.05, 4.69) is 22.9 Å². The zero-order valence-corrected chi connectivity index (χ0v) is 10.1. The minimum Gasteiger partial charge on any atom is -0.397 e. The van der Waals surface area contributed by atoms with Gasteiger partial charge in [0.15, 0.2) is 0 Å². The third-order valence-corrected chi connectivity index (χ3v) is 3.59. The molecular weight excluding hydrogens is 252 g/mol. The zero-order chi connectivity index (χ0) is 11.0. The monoisotopic (exact) mass is 264 g/mol. The van der Waals surface area contributed by atoms with E-state index in [1.165, 1.54) is 0 Å². The lowest BCUT2D eigenvalue weighted by Crippen LogP contribution is -2.01. The van der Waals surface area contributed by atoms with Crippen molar-refractivity contribution in [3.63, 3.8) is 0 Å². The molecule has 3 heteroatoms. The van der Waals surface area contributed by atoms with Crippen LogP contribution in [0.4, 0.5) is 11.4 Å². The number of anilines is 2. The first-order valence-electron chi connectivity index (χ1n) is 4.90. The van der Waals surface area contributed by atoms with Crippen LogP contribution in [0.5, 0.6) is 0 Å². The largest absolute Gasteiger partial charge is 0.397 e. The van der Waals surface area contributed by atoms with Gasteiger partial charge in [0, 0.05) is 9.86 Å². The second-order valence-electron chi connectivity index (χ2n) is 3.52. The van der Waals surface area contributed by atoms with Gasteiger partial charge in [0.25, 0.3) is 0 Å². The molecule has 2 aromatic carbocycles. The van der Waals surface area contributed by atoms with Gasteiger partial charge in [-0.05, 0) is 33.3 Å². The van der Waals surface area contributed by atoms with E-state index < -0.39 is 0 Å². The molecule has 0 aromatic heterocycles. The third-order valence-electron chi connectivity index (χ3n) is 2.69. The Hall–Kier alpha value is -1.22. The van der Waals surface area contributed by atoms with Gasteiger partial charge in [-0.25, -0.2) is 0 Å². The summed E-state index contributed by atoms with van der Waals surface area (Å²) in [6.45, 7) is 2.07. The highest BCUT2D eigenvalue weighted by molar-refractivity contribution is 9.10. The molecule has 15 heavy (non-hydrogen) atoms. The second-order valence-corrected chi connectivity index (χ2v) is 4.31. The topological polar surface area (TPSA) is 52.0 Å². The molecular formula is C12H13BrN2. The summed E-state index contributed by atoms with van der Waals surface area (Å²) in [5, 5.41) is 2.14. The van der Waals surface area contributed by atoms with Crippen molar-refractivity contribution in [1.82, 2.24) is 0 Å². The van der Waals surface area contributed by atoms with Crippen molar-refractivity contribution in [3.05, 3.63) is 34.3 Å². The van der Waals surface area contributed by atoms with Crippen LogP contribution in [0.15, 0.2) is 28.7 Å². The van der Waals surface area contributed by atoms with Gasteiger partial charge in [-0.2, -0.15) is 0 Å². The third kappa shape index (κ3) is 1.47. The predicted molar refractivity (Wildman–Crippen MR) is 69.9 cm³/mol. The highest BCUT2D eigenvalue weighted by atomic mass is 79.9. The predicted octanol–water partition coefficient (Wildman–Crippen LogP) is 3.33. The highest BCUT2D eigenvalue weighted by Crippen LogP contribution is 2.37. The van der Waals surface area contributed by atoms with Gasteiger partial charge in [0.2, 0.25) is 0 Å². The van der Waals surface area contributed by atoms with Crippen molar-refractivity contribution in [3.8, 4) is 0 Å². The normalized spacial score (nSPS) is 10.8. The Labute approximate surface area is 97.4 Å². The Balaban J connectivity index is 2.96. The Bertz CT molecular complexity index is 521. The van der Waals surface area contributed by atoms with Crippen molar-refractivity contribution in [1.29, 1.82) is 0 Å². The molecule has 0 aliphatic carbocycles. The Morgan fingerprint density at radius 3 is 2.27 bits per heavy atom. The Morgan fingerprint density at radius 1 is 1.07 bits per heavy atom. The van der Waals surface area contributed by atoms with E-state index >= 15 is 0 Å². The number of rotatable bonds is 1. The minimum absolute atomic E-state index is 0.686. The Kier molecular flexibility index (Phi) is 2.57. The van der Waals surface area contributed by atoms with Gasteiger partial charge in [-0.1, -0.05) is 31.2 Å². The SMILES string of the molecule is CCc1c(N)c(N)c2ccccc2c1Br. The smallest absolute Gasteiger partial charge is 0.0631 e. The summed E-state index contributed by atoms with van der Waals surface area (Å²) in [7, 11) is 0. The van der Waals surface area contributed by atoms with E-state index in [1.807, 2.05) is 24.3 Å². The van der Waals surface area contributed by atoms with Gasteiger partial charge >= 0.3 is 0 Å². The molecule has 0 spiro atoms. The van der Waals surface area contributed by atoms with Crippen LogP contribution in [-0.4, -0.2) is 0 Å². The summed E-state index contributed by atoms with van der Waals surface area (Å²) >= 11 is 3.59. The molecule has 0 saturated carbocycles. The number of nitrogens with two attached hydrogens (primary N) is 2. The summed E-state index contributed by atoms with van der Waals surface area (Å²) in [5.41, 5.74) is 14.5. The first kappa shape index (κ1) is 10.3. The fraction of sp³-hybridized carbons (Fsp3) is 0.167. The van der Waals surface area contributed by atoms with E-state index in [0.717, 1.165) is 27.2 Å². The number of hydrogen-bond donors (Lipinski definition) is 2. The Morgan fingerprint density at radius 2 is 1.67 bits per heavy atom. The van der Waals surface area contributed by atoms with Crippen LogP contribution in [0.2, 0.25) is 0 Å². The van der Waals surface area contributed by atoms with E-state index in [1.54, 1.807) is 0 Å². The maximum Gasteiger partial charge on any atom is 0.0631 e. The lowest BCUT2D eigenvalue weighted by molar-refractivity contribution is 1.14. The quantitative estimate of drug-likeness (QED) is 0.777. The summed E-state index contributed by atoms with van der Waals surface area (Å²) in [6.07, 6.45) is 0.876. The molecule has 0 heterocycles. The summed E-state index contributed by atoms with van der Waals surface area (Å²) in [4.78, 5) is 0. The van der Waals surface area contributed by atoms with E-state index in [4.69, 9.17) is 11.5 Å². The molecule has 0 radical (unpaired) electrons. The summed E-state index contributed by atoms with van der Waals surface area (Å²) in [5.74, 6) is 0. The van der Waals surface area contributed by atoms with E-state index in [0.29, 0.717) is 11.4 Å². The number of nitrogen functional groups attached to an aromatic ring is 2. The van der Waals surface area contributed by atoms with Crippen molar-refractivity contribution in [2.24, 2.45) is 0 Å². The van der Waals surface area contributed by atoms with Crippen molar-refractivity contribution in [2.45, 2.75) is 13.3 Å². The number of halogens is 1. The fourth-order valence-electron chi connectivity index (χ4n) is 1.84. The van der Waals surface area contributed by atoms with Gasteiger partial charge in [0.1, 0.15) is 0 Å². The van der Waals surface area contributed by atoms with E-state index in [-0.39, 0.29) is 0 Å². The van der Waals surface area contributed by atoms with E-state index in [9.17, 15) is 0 Å². The molecule has 2 aromatic rings. The van der Waals surface area contributed by atoms with Crippen LogP contribution in [0.1, 0.15) is 12.5 Å². The van der Waals surface area contributed by atoms with Crippen LogP contribution in [0.25, 0.3) is 10.8 Å². The van der Waals surface area contributed by atoms with Crippen LogP contribution >= 0.6 is 15.9 Å². The maximum atomic E-state index is 6.02. The maximum absolute atomic E-state index is 6.02. The van der Waals surface area contributed by atoms with Crippen LogP contribution in [0, 0.1) is 0 Å². The highest BCUT2D eigenvalue weighted by Gasteiger charge is 2.11. The van der Waals surface area contributed by atoms with Crippen LogP contribution in [0.3, 0.4) is 0 Å². The molecule has 0 fully saturated rings. The summed E-state index contributed by atoms with van der Waals surface area (Å²) in [6, 6.07) is 8.01. The van der Waals surface area contributed by atoms with Crippen molar-refractivity contribution < 1.29 is 0 Å². The van der Waals surface area contributed by atoms with Crippen LogP contribution in [-0.2, 0) is 6.42 Å². The summed E-state index contributed by atoms with van der Waals surface area (Å²) < 4.78 is 1.06. The minimum atomic E-state index is 0.686. The standard InChI is InChI=1S/C12H13BrN2/c1-2-7-10(13)8-5-3-4-6-9(8)12(15)11(7)14/h3-6H,2,14-15H2,1H3. The molecule has 0 unspecified atom stereocenters. The molecule has 0 bridgehead atoms. The lowest BCUT2D eigenvalue weighted by Gasteiger charge is -2.13.